The van der Waals surface area contributed by atoms with Gasteiger partial charge in [0.2, 0.25) is 5.91 Å². The van der Waals surface area contributed by atoms with Crippen LogP contribution in [0.4, 0.5) is 0 Å². The van der Waals surface area contributed by atoms with Gasteiger partial charge in [-0.2, -0.15) is 5.26 Å². The molecule has 2 atom stereocenters. The first-order chi connectivity index (χ1) is 9.70. The highest BCUT2D eigenvalue weighted by molar-refractivity contribution is 5.79. The van der Waals surface area contributed by atoms with Crippen molar-refractivity contribution in [3.8, 4) is 11.8 Å². The van der Waals surface area contributed by atoms with Crippen LogP contribution in [0.2, 0.25) is 0 Å². The third kappa shape index (κ3) is 3.72. The molecule has 1 saturated carbocycles. The van der Waals surface area contributed by atoms with Gasteiger partial charge in [0.25, 0.3) is 0 Å². The Morgan fingerprint density at radius 1 is 1.40 bits per heavy atom. The van der Waals surface area contributed by atoms with Crippen molar-refractivity contribution in [3.63, 3.8) is 0 Å². The van der Waals surface area contributed by atoms with Gasteiger partial charge in [-0.15, -0.1) is 0 Å². The molecule has 0 aromatic heterocycles. The minimum Gasteiger partial charge on any atom is -0.492 e. The molecule has 2 N–H and O–H groups in total. The number of nitrogens with zero attached hydrogens (tertiary/aromatic N) is 1. The fourth-order valence-electron chi connectivity index (χ4n) is 2.35. The summed E-state index contributed by atoms with van der Waals surface area (Å²) in [5.74, 6) is 0.294. The Bertz CT molecular complexity index is 493. The quantitative estimate of drug-likeness (QED) is 0.791. The zero-order valence-electron chi connectivity index (χ0n) is 11.2. The maximum absolute atomic E-state index is 11.8. The molecule has 20 heavy (non-hydrogen) atoms. The van der Waals surface area contributed by atoms with E-state index in [2.05, 4.69) is 5.32 Å². The van der Waals surface area contributed by atoms with Gasteiger partial charge in [-0.3, -0.25) is 4.79 Å². The summed E-state index contributed by atoms with van der Waals surface area (Å²) in [7, 11) is 0. The Balaban J connectivity index is 1.68. The number of benzene rings is 1. The van der Waals surface area contributed by atoms with E-state index >= 15 is 0 Å². The Labute approximate surface area is 118 Å². The van der Waals surface area contributed by atoms with Crippen molar-refractivity contribution >= 4 is 5.91 Å². The number of carbonyl (C=O) groups is 1. The van der Waals surface area contributed by atoms with Crippen molar-refractivity contribution in [2.75, 3.05) is 13.2 Å². The van der Waals surface area contributed by atoms with E-state index < -0.39 is 6.10 Å². The molecule has 0 saturated heterocycles. The molecular formula is C15H18N2O3. The van der Waals surface area contributed by atoms with Crippen LogP contribution >= 0.6 is 0 Å². The van der Waals surface area contributed by atoms with E-state index in [4.69, 9.17) is 10.00 Å². The highest BCUT2D eigenvalue weighted by atomic mass is 16.5. The van der Waals surface area contributed by atoms with Gasteiger partial charge >= 0.3 is 0 Å². The number of nitrogens with one attached hydrogen (secondary N) is 1. The van der Waals surface area contributed by atoms with E-state index in [0.717, 1.165) is 12.8 Å². The van der Waals surface area contributed by atoms with E-state index in [9.17, 15) is 9.90 Å². The Morgan fingerprint density at radius 2 is 2.15 bits per heavy atom. The van der Waals surface area contributed by atoms with Crippen molar-refractivity contribution < 1.29 is 14.6 Å². The third-order valence-corrected chi connectivity index (χ3v) is 3.47. The summed E-state index contributed by atoms with van der Waals surface area (Å²) in [4.78, 5) is 11.8. The number of amides is 1. The molecule has 1 aliphatic carbocycles. The molecule has 5 nitrogen and oxygen atoms in total. The van der Waals surface area contributed by atoms with E-state index in [1.165, 1.54) is 0 Å². The maximum atomic E-state index is 11.8. The normalized spacial score (nSPS) is 21.2. The van der Waals surface area contributed by atoms with Gasteiger partial charge in [0.05, 0.1) is 30.2 Å². The summed E-state index contributed by atoms with van der Waals surface area (Å²) in [6.07, 6.45) is 1.86. The molecular weight excluding hydrogens is 256 g/mol. The second-order valence-corrected chi connectivity index (χ2v) is 4.88. The average molecular weight is 274 g/mol. The van der Waals surface area contributed by atoms with E-state index in [1.54, 1.807) is 24.3 Å². The van der Waals surface area contributed by atoms with Crippen LogP contribution in [0.15, 0.2) is 24.3 Å². The molecule has 2 unspecified atom stereocenters. The predicted octanol–water partition coefficient (Wildman–Crippen LogP) is 1.21. The first-order valence-corrected chi connectivity index (χ1v) is 6.79. The van der Waals surface area contributed by atoms with Gasteiger partial charge < -0.3 is 15.2 Å². The standard InChI is InChI=1S/C15H18N2O3/c16-10-11-4-6-12(7-5-11)20-9-8-17-15(19)13-2-1-3-14(13)18/h4-7,13-14,18H,1-3,8-9H2,(H,17,19). The van der Waals surface area contributed by atoms with Crippen LogP contribution in [0.5, 0.6) is 5.75 Å². The van der Waals surface area contributed by atoms with Crippen LogP contribution < -0.4 is 10.1 Å². The number of hydrogen-bond donors (Lipinski definition) is 2. The second-order valence-electron chi connectivity index (χ2n) is 4.88. The van der Waals surface area contributed by atoms with E-state index in [0.29, 0.717) is 30.9 Å². The van der Waals surface area contributed by atoms with Gasteiger partial charge in [0, 0.05) is 0 Å². The van der Waals surface area contributed by atoms with Crippen molar-refractivity contribution in [3.05, 3.63) is 29.8 Å². The highest BCUT2D eigenvalue weighted by Gasteiger charge is 2.30. The molecule has 1 amide bonds. The molecule has 1 fully saturated rings. The molecule has 2 rings (SSSR count). The van der Waals surface area contributed by atoms with Crippen LogP contribution in [0.3, 0.4) is 0 Å². The molecule has 0 heterocycles. The lowest BCUT2D eigenvalue weighted by Gasteiger charge is -2.14. The summed E-state index contributed by atoms with van der Waals surface area (Å²) in [6.45, 7) is 0.766. The number of aliphatic hydroxyl groups is 1. The van der Waals surface area contributed by atoms with Crippen LogP contribution in [0.25, 0.3) is 0 Å². The minimum atomic E-state index is -0.505. The van der Waals surface area contributed by atoms with Gasteiger partial charge in [0.1, 0.15) is 12.4 Å². The SMILES string of the molecule is N#Cc1ccc(OCCNC(=O)C2CCCC2O)cc1. The minimum absolute atomic E-state index is 0.0987. The summed E-state index contributed by atoms with van der Waals surface area (Å²) in [5, 5.41) is 21.1. The number of nitriles is 1. The maximum Gasteiger partial charge on any atom is 0.225 e. The van der Waals surface area contributed by atoms with Gasteiger partial charge in [-0.05, 0) is 43.5 Å². The van der Waals surface area contributed by atoms with Crippen molar-refractivity contribution in [1.29, 1.82) is 5.26 Å². The molecule has 0 radical (unpaired) electrons. The highest BCUT2D eigenvalue weighted by Crippen LogP contribution is 2.25. The molecule has 1 aliphatic rings. The van der Waals surface area contributed by atoms with E-state index in [1.807, 2.05) is 6.07 Å². The fraction of sp³-hybridized carbons (Fsp3) is 0.467. The molecule has 5 heteroatoms. The number of rotatable bonds is 5. The summed E-state index contributed by atoms with van der Waals surface area (Å²) >= 11 is 0. The number of carbonyl (C=O) groups excluding carboxylic acids is 1. The molecule has 1 aromatic carbocycles. The van der Waals surface area contributed by atoms with Crippen LogP contribution in [-0.4, -0.2) is 30.3 Å². The molecule has 0 bridgehead atoms. The number of hydrogen-bond acceptors (Lipinski definition) is 4. The van der Waals surface area contributed by atoms with Gasteiger partial charge in [0.15, 0.2) is 0 Å². The van der Waals surface area contributed by atoms with E-state index in [-0.39, 0.29) is 11.8 Å². The lowest BCUT2D eigenvalue weighted by molar-refractivity contribution is -0.127. The largest absolute Gasteiger partial charge is 0.492 e. The lowest BCUT2D eigenvalue weighted by atomic mass is 10.1. The first kappa shape index (κ1) is 14.4. The number of aliphatic hydroxyl groups excluding tert-OH is 1. The van der Waals surface area contributed by atoms with Crippen LogP contribution in [0.1, 0.15) is 24.8 Å². The second kappa shape index (κ2) is 6.92. The summed E-state index contributed by atoms with van der Waals surface area (Å²) in [5.41, 5.74) is 0.584. The molecule has 1 aromatic rings. The van der Waals surface area contributed by atoms with Crippen LogP contribution in [-0.2, 0) is 4.79 Å². The zero-order chi connectivity index (χ0) is 14.4. The lowest BCUT2D eigenvalue weighted by Crippen LogP contribution is -2.36. The van der Waals surface area contributed by atoms with Gasteiger partial charge in [-0.25, -0.2) is 0 Å². The molecule has 106 valence electrons. The Hall–Kier alpha value is -2.06. The fourth-order valence-corrected chi connectivity index (χ4v) is 2.35. The first-order valence-electron chi connectivity index (χ1n) is 6.79. The average Bonchev–Trinajstić information content (AvgIpc) is 2.90. The van der Waals surface area contributed by atoms with Crippen molar-refractivity contribution in [1.82, 2.24) is 5.32 Å². The topological polar surface area (TPSA) is 82.3 Å². The smallest absolute Gasteiger partial charge is 0.225 e. The van der Waals surface area contributed by atoms with Crippen molar-refractivity contribution in [2.45, 2.75) is 25.4 Å². The monoisotopic (exact) mass is 274 g/mol. The summed E-state index contributed by atoms with van der Waals surface area (Å²) in [6, 6.07) is 8.85. The van der Waals surface area contributed by atoms with Gasteiger partial charge in [-0.1, -0.05) is 0 Å². The number of ether oxygens (including phenoxy) is 1. The van der Waals surface area contributed by atoms with Crippen LogP contribution in [0, 0.1) is 17.2 Å². The Morgan fingerprint density at radius 3 is 2.75 bits per heavy atom. The molecule has 0 aliphatic heterocycles. The Kier molecular flexibility index (Phi) is 4.97. The predicted molar refractivity (Wildman–Crippen MR) is 73.0 cm³/mol. The summed E-state index contributed by atoms with van der Waals surface area (Å²) < 4.78 is 5.46. The zero-order valence-corrected chi connectivity index (χ0v) is 11.2. The third-order valence-electron chi connectivity index (χ3n) is 3.47. The van der Waals surface area contributed by atoms with Crippen molar-refractivity contribution in [2.24, 2.45) is 5.92 Å². The molecule has 0 spiro atoms.